The lowest BCUT2D eigenvalue weighted by atomic mass is 9.74. The first-order valence-electron chi connectivity index (χ1n) is 10.0. The number of fused-ring (bicyclic) bond motifs is 1. The molecule has 0 radical (unpaired) electrons. The molecule has 1 aromatic carbocycles. The van der Waals surface area contributed by atoms with Gasteiger partial charge in [0.2, 0.25) is 5.91 Å². The normalized spacial score (nSPS) is 20.8. The number of rotatable bonds is 6. The van der Waals surface area contributed by atoms with Crippen LogP contribution in [0.1, 0.15) is 40.0 Å². The van der Waals surface area contributed by atoms with E-state index in [0.29, 0.717) is 19.6 Å². The van der Waals surface area contributed by atoms with Crippen molar-refractivity contribution in [2.24, 2.45) is 5.41 Å². The van der Waals surface area contributed by atoms with Crippen LogP contribution in [0.5, 0.6) is 0 Å². The largest absolute Gasteiger partial charge is 0.383 e. The summed E-state index contributed by atoms with van der Waals surface area (Å²) in [6.07, 6.45) is 2.12. The van der Waals surface area contributed by atoms with Crippen LogP contribution in [0.25, 0.3) is 0 Å². The molecular formula is C22H31N3O3. The molecule has 1 heterocycles. The predicted molar refractivity (Wildman–Crippen MR) is 111 cm³/mol. The lowest BCUT2D eigenvalue weighted by Crippen LogP contribution is -2.46. The molecule has 1 unspecified atom stereocenters. The molecule has 2 aliphatic rings. The second-order valence-electron chi connectivity index (χ2n) is 8.37. The highest BCUT2D eigenvalue weighted by Gasteiger charge is 2.40. The molecule has 0 bridgehead atoms. The Morgan fingerprint density at radius 2 is 2.07 bits per heavy atom. The van der Waals surface area contributed by atoms with Crippen LogP contribution in [0.4, 0.5) is 11.4 Å². The highest BCUT2D eigenvalue weighted by molar-refractivity contribution is 6.01. The van der Waals surface area contributed by atoms with Gasteiger partial charge in [-0.25, -0.2) is 0 Å². The molecule has 1 amide bonds. The van der Waals surface area contributed by atoms with Crippen LogP contribution in [-0.2, 0) is 14.3 Å². The first-order chi connectivity index (χ1) is 13.4. The molecule has 0 spiro atoms. The number of allylic oxidation sites excluding steroid dienone is 1. The Labute approximate surface area is 167 Å². The Kier molecular flexibility index (Phi) is 6.08. The van der Waals surface area contributed by atoms with Crippen molar-refractivity contribution in [3.8, 4) is 0 Å². The summed E-state index contributed by atoms with van der Waals surface area (Å²) in [5, 5.41) is 6.43. The molecule has 0 aromatic heterocycles. The van der Waals surface area contributed by atoms with Gasteiger partial charge in [0.15, 0.2) is 5.78 Å². The summed E-state index contributed by atoms with van der Waals surface area (Å²) in [4.78, 5) is 27.8. The third-order valence-electron chi connectivity index (χ3n) is 5.46. The van der Waals surface area contributed by atoms with Crippen LogP contribution in [0.15, 0.2) is 35.5 Å². The topological polar surface area (TPSA) is 70.7 Å². The summed E-state index contributed by atoms with van der Waals surface area (Å²) in [5.74, 6) is 0.112. The number of ketones is 1. The van der Waals surface area contributed by atoms with Crippen molar-refractivity contribution >= 4 is 23.1 Å². The lowest BCUT2D eigenvalue weighted by Gasteiger charge is -2.37. The second-order valence-corrected chi connectivity index (χ2v) is 8.37. The fraction of sp³-hybridized carbons (Fsp3) is 0.545. The number of ether oxygens (including phenoxy) is 1. The number of hydrogen-bond donors (Lipinski definition) is 2. The molecule has 1 atom stereocenters. The van der Waals surface area contributed by atoms with Crippen molar-refractivity contribution < 1.29 is 14.3 Å². The first-order valence-corrected chi connectivity index (χ1v) is 10.0. The summed E-state index contributed by atoms with van der Waals surface area (Å²) in [6, 6.07) is 7.86. The lowest BCUT2D eigenvalue weighted by molar-refractivity contribution is -0.120. The number of methoxy groups -OCH3 is 1. The maximum absolute atomic E-state index is 13.1. The van der Waals surface area contributed by atoms with E-state index in [0.717, 1.165) is 35.5 Å². The van der Waals surface area contributed by atoms with E-state index in [-0.39, 0.29) is 29.7 Å². The standard InChI is InChI=1S/C22H31N3O3/c1-5-17-21-16(12-22(2,3)13-19(21)26)24-15-8-6-7-9-18(15)25(17)14-20(27)23-10-11-28-4/h6-9,17,24H,5,10-14H2,1-4H3,(H,23,27). The van der Waals surface area contributed by atoms with Crippen molar-refractivity contribution in [1.29, 1.82) is 0 Å². The molecule has 3 rings (SSSR count). The molecule has 6 nitrogen and oxygen atoms in total. The summed E-state index contributed by atoms with van der Waals surface area (Å²) in [6.45, 7) is 7.50. The van der Waals surface area contributed by atoms with E-state index in [2.05, 4.69) is 36.3 Å². The van der Waals surface area contributed by atoms with Crippen molar-refractivity contribution in [2.75, 3.05) is 37.0 Å². The highest BCUT2D eigenvalue weighted by atomic mass is 16.5. The minimum atomic E-state index is -0.122. The number of nitrogens with zero attached hydrogens (tertiary/aromatic N) is 1. The van der Waals surface area contributed by atoms with Crippen molar-refractivity contribution in [3.63, 3.8) is 0 Å². The van der Waals surface area contributed by atoms with Gasteiger partial charge in [0, 0.05) is 31.3 Å². The van der Waals surface area contributed by atoms with Crippen LogP contribution < -0.4 is 15.5 Å². The number of hydrogen-bond acceptors (Lipinski definition) is 5. The van der Waals surface area contributed by atoms with Gasteiger partial charge in [-0.05, 0) is 30.4 Å². The van der Waals surface area contributed by atoms with E-state index in [1.807, 2.05) is 24.3 Å². The molecule has 0 saturated carbocycles. The molecule has 2 N–H and O–H groups in total. The van der Waals surface area contributed by atoms with Crippen molar-refractivity contribution in [1.82, 2.24) is 5.32 Å². The van der Waals surface area contributed by atoms with Gasteiger partial charge in [0.05, 0.1) is 30.6 Å². The molecular weight excluding hydrogens is 354 g/mol. The number of carbonyl (C=O) groups excluding carboxylic acids is 2. The summed E-state index contributed by atoms with van der Waals surface area (Å²) in [5.41, 5.74) is 3.67. The summed E-state index contributed by atoms with van der Waals surface area (Å²) in [7, 11) is 1.61. The van der Waals surface area contributed by atoms with Gasteiger partial charge in [-0.3, -0.25) is 9.59 Å². The number of Topliss-reactive ketones (excluding diaryl/α,β-unsaturated/α-hetero) is 1. The number of nitrogens with one attached hydrogen (secondary N) is 2. The SMILES string of the molecule is CCC1C2=C(CC(C)(C)CC2=O)Nc2ccccc2N1CC(=O)NCCOC. The number of para-hydroxylation sites is 2. The molecule has 1 aliphatic heterocycles. The Balaban J connectivity index is 1.99. The second kappa shape index (κ2) is 8.35. The van der Waals surface area contributed by atoms with E-state index in [9.17, 15) is 9.59 Å². The quantitative estimate of drug-likeness (QED) is 0.737. The molecule has 28 heavy (non-hydrogen) atoms. The van der Waals surface area contributed by atoms with Gasteiger partial charge in [0.1, 0.15) is 0 Å². The average molecular weight is 386 g/mol. The van der Waals surface area contributed by atoms with Gasteiger partial charge < -0.3 is 20.3 Å². The monoisotopic (exact) mass is 385 g/mol. The Hall–Kier alpha value is -2.34. The summed E-state index contributed by atoms with van der Waals surface area (Å²) >= 11 is 0. The van der Waals surface area contributed by atoms with Crippen LogP contribution in [-0.4, -0.2) is 44.5 Å². The number of amides is 1. The zero-order valence-electron chi connectivity index (χ0n) is 17.3. The van der Waals surface area contributed by atoms with Crippen LogP contribution in [0, 0.1) is 5.41 Å². The minimum absolute atomic E-state index is 0.0666. The predicted octanol–water partition coefficient (Wildman–Crippen LogP) is 3.10. The highest BCUT2D eigenvalue weighted by Crippen LogP contribution is 2.44. The van der Waals surface area contributed by atoms with Gasteiger partial charge in [-0.1, -0.05) is 32.9 Å². The van der Waals surface area contributed by atoms with Gasteiger partial charge in [-0.15, -0.1) is 0 Å². The fourth-order valence-corrected chi connectivity index (χ4v) is 4.27. The molecule has 1 aromatic rings. The maximum Gasteiger partial charge on any atom is 0.239 e. The van der Waals surface area contributed by atoms with E-state index in [1.54, 1.807) is 7.11 Å². The van der Waals surface area contributed by atoms with Crippen molar-refractivity contribution in [2.45, 2.75) is 46.1 Å². The smallest absolute Gasteiger partial charge is 0.239 e. The summed E-state index contributed by atoms with van der Waals surface area (Å²) < 4.78 is 5.01. The minimum Gasteiger partial charge on any atom is -0.383 e. The number of carbonyl (C=O) groups is 2. The van der Waals surface area contributed by atoms with Gasteiger partial charge in [0.25, 0.3) is 0 Å². The van der Waals surface area contributed by atoms with E-state index >= 15 is 0 Å². The number of anilines is 2. The van der Waals surface area contributed by atoms with Crippen LogP contribution in [0.3, 0.4) is 0 Å². The Morgan fingerprint density at radius 3 is 2.79 bits per heavy atom. The molecule has 152 valence electrons. The molecule has 0 fully saturated rings. The zero-order chi connectivity index (χ0) is 20.3. The third-order valence-corrected chi connectivity index (χ3v) is 5.46. The number of benzene rings is 1. The van der Waals surface area contributed by atoms with Crippen molar-refractivity contribution in [3.05, 3.63) is 35.5 Å². The average Bonchev–Trinajstić information content (AvgIpc) is 2.75. The molecule has 0 saturated heterocycles. The molecule has 6 heteroatoms. The fourth-order valence-electron chi connectivity index (χ4n) is 4.27. The first kappa shape index (κ1) is 20.4. The molecule has 1 aliphatic carbocycles. The van der Waals surface area contributed by atoms with E-state index < -0.39 is 0 Å². The Morgan fingerprint density at radius 1 is 1.32 bits per heavy atom. The van der Waals surface area contributed by atoms with E-state index in [4.69, 9.17) is 4.74 Å². The zero-order valence-corrected chi connectivity index (χ0v) is 17.3. The van der Waals surface area contributed by atoms with Crippen LogP contribution >= 0.6 is 0 Å². The van der Waals surface area contributed by atoms with Gasteiger partial charge >= 0.3 is 0 Å². The van der Waals surface area contributed by atoms with E-state index in [1.165, 1.54) is 0 Å². The van der Waals surface area contributed by atoms with Gasteiger partial charge in [-0.2, -0.15) is 0 Å². The Bertz CT molecular complexity index is 785. The van der Waals surface area contributed by atoms with Crippen LogP contribution in [0.2, 0.25) is 0 Å². The maximum atomic E-state index is 13.1. The third kappa shape index (κ3) is 4.22.